The van der Waals surface area contributed by atoms with Crippen molar-refractivity contribution in [3.63, 3.8) is 0 Å². The fourth-order valence-electron chi connectivity index (χ4n) is 2.67. The van der Waals surface area contributed by atoms with Crippen LogP contribution in [0.4, 0.5) is 0 Å². The summed E-state index contributed by atoms with van der Waals surface area (Å²) >= 11 is 0. The van der Waals surface area contributed by atoms with Crippen LogP contribution in [-0.2, 0) is 0 Å². The number of hydrogen-bond donors (Lipinski definition) is 0. The van der Waals surface area contributed by atoms with Gasteiger partial charge in [-0.05, 0) is 43.9 Å². The zero-order valence-electron chi connectivity index (χ0n) is 6.93. The van der Waals surface area contributed by atoms with Crippen molar-refractivity contribution in [1.82, 2.24) is 0 Å². The second-order valence-electron chi connectivity index (χ2n) is 3.89. The molecule has 0 aromatic rings. The van der Waals surface area contributed by atoms with Gasteiger partial charge in [-0.15, -0.1) is 0 Å². The minimum Gasteiger partial charge on any atom is -0.0882 e. The zero-order valence-corrected chi connectivity index (χ0v) is 6.93. The predicted octanol–water partition coefficient (Wildman–Crippen LogP) is 3.00. The molecule has 0 radical (unpaired) electrons. The fraction of sp³-hybridized carbons (Fsp3) is 0.800. The van der Waals surface area contributed by atoms with E-state index in [0.29, 0.717) is 0 Å². The maximum atomic E-state index is 2.41. The molecule has 0 aromatic carbocycles. The molecule has 3 unspecified atom stereocenters. The maximum absolute atomic E-state index is 2.41. The summed E-state index contributed by atoms with van der Waals surface area (Å²) in [5, 5.41) is 0. The molecule has 0 spiro atoms. The van der Waals surface area contributed by atoms with E-state index < -0.39 is 0 Å². The van der Waals surface area contributed by atoms with Gasteiger partial charge in [0.2, 0.25) is 0 Å². The molecule has 10 heavy (non-hydrogen) atoms. The van der Waals surface area contributed by atoms with Gasteiger partial charge in [-0.25, -0.2) is 0 Å². The lowest BCUT2D eigenvalue weighted by molar-refractivity contribution is 0.197. The third-order valence-corrected chi connectivity index (χ3v) is 3.46. The smallest absolute Gasteiger partial charge is 0.0172 e. The molecule has 2 saturated carbocycles. The summed E-state index contributed by atoms with van der Waals surface area (Å²) in [6.45, 7) is 4.61. The van der Waals surface area contributed by atoms with Crippen LogP contribution in [-0.4, -0.2) is 0 Å². The topological polar surface area (TPSA) is 0 Å². The average molecular weight is 136 g/mol. The largest absolute Gasteiger partial charge is 0.0882 e. The van der Waals surface area contributed by atoms with Crippen LogP contribution in [0.2, 0.25) is 0 Å². The van der Waals surface area contributed by atoms with Gasteiger partial charge in [0.05, 0.1) is 0 Å². The first kappa shape index (κ1) is 6.45. The minimum atomic E-state index is 0.991. The van der Waals surface area contributed by atoms with Crippen LogP contribution in [0.15, 0.2) is 11.6 Å². The zero-order chi connectivity index (χ0) is 7.14. The molecule has 3 atom stereocenters. The highest BCUT2D eigenvalue weighted by atomic mass is 14.5. The van der Waals surface area contributed by atoms with Crippen LogP contribution in [0.25, 0.3) is 0 Å². The van der Waals surface area contributed by atoms with Gasteiger partial charge in [-0.3, -0.25) is 0 Å². The van der Waals surface area contributed by atoms with Crippen LogP contribution in [0, 0.1) is 17.8 Å². The molecule has 0 nitrogen and oxygen atoms in total. The van der Waals surface area contributed by atoms with Crippen molar-refractivity contribution < 1.29 is 0 Å². The predicted molar refractivity (Wildman–Crippen MR) is 43.8 cm³/mol. The van der Waals surface area contributed by atoms with Crippen LogP contribution in [0.3, 0.4) is 0 Å². The Morgan fingerprint density at radius 2 is 2.20 bits per heavy atom. The highest BCUT2D eigenvalue weighted by molar-refractivity contribution is 5.18. The molecule has 0 heterocycles. The number of rotatable bonds is 0. The molecular formula is C10H16. The van der Waals surface area contributed by atoms with E-state index in [1.807, 2.05) is 0 Å². The minimum absolute atomic E-state index is 0.991. The lowest BCUT2D eigenvalue weighted by atomic mass is 9.72. The van der Waals surface area contributed by atoms with Gasteiger partial charge in [0.15, 0.2) is 0 Å². The first-order chi connectivity index (χ1) is 4.83. The molecule has 0 amide bonds. The molecule has 0 bridgehead atoms. The van der Waals surface area contributed by atoms with E-state index in [9.17, 15) is 0 Å². The summed E-state index contributed by atoms with van der Waals surface area (Å²) in [7, 11) is 0. The van der Waals surface area contributed by atoms with Crippen LogP contribution in [0.1, 0.15) is 33.1 Å². The van der Waals surface area contributed by atoms with E-state index in [1.165, 1.54) is 19.3 Å². The molecule has 0 aliphatic heterocycles. The summed E-state index contributed by atoms with van der Waals surface area (Å²) in [6.07, 6.45) is 6.73. The second-order valence-corrected chi connectivity index (χ2v) is 3.89. The van der Waals surface area contributed by atoms with Crippen LogP contribution >= 0.6 is 0 Å². The molecule has 2 fully saturated rings. The van der Waals surface area contributed by atoms with E-state index >= 15 is 0 Å². The molecular weight excluding hydrogens is 120 g/mol. The Kier molecular flexibility index (Phi) is 1.36. The Labute approximate surface area is 63.3 Å². The first-order valence-corrected chi connectivity index (χ1v) is 4.48. The van der Waals surface area contributed by atoms with Crippen LogP contribution in [0.5, 0.6) is 0 Å². The van der Waals surface area contributed by atoms with Crippen molar-refractivity contribution >= 4 is 0 Å². The Balaban J connectivity index is 2.17. The third-order valence-electron chi connectivity index (χ3n) is 3.46. The Bertz CT molecular complexity index is 167. The van der Waals surface area contributed by atoms with Crippen molar-refractivity contribution in [1.29, 1.82) is 0 Å². The van der Waals surface area contributed by atoms with E-state index in [-0.39, 0.29) is 0 Å². The fourth-order valence-corrected chi connectivity index (χ4v) is 2.67. The monoisotopic (exact) mass is 136 g/mol. The summed E-state index contributed by atoms with van der Waals surface area (Å²) in [6, 6.07) is 0. The summed E-state index contributed by atoms with van der Waals surface area (Å²) < 4.78 is 0. The van der Waals surface area contributed by atoms with Gasteiger partial charge in [-0.1, -0.05) is 18.6 Å². The SMILES string of the molecule is C/C=C1/CC(C)C2CCC12. The summed E-state index contributed by atoms with van der Waals surface area (Å²) in [5.74, 6) is 3.08. The molecule has 0 saturated heterocycles. The quantitative estimate of drug-likeness (QED) is 0.449. The van der Waals surface area contributed by atoms with E-state index in [1.54, 1.807) is 5.57 Å². The summed E-state index contributed by atoms with van der Waals surface area (Å²) in [5.41, 5.74) is 1.75. The highest BCUT2D eigenvalue weighted by Crippen LogP contribution is 2.52. The third kappa shape index (κ3) is 0.680. The van der Waals surface area contributed by atoms with Crippen molar-refractivity contribution in [2.45, 2.75) is 33.1 Å². The summed E-state index contributed by atoms with van der Waals surface area (Å²) in [4.78, 5) is 0. The van der Waals surface area contributed by atoms with E-state index in [0.717, 1.165) is 17.8 Å². The number of hydrogen-bond acceptors (Lipinski definition) is 0. The highest BCUT2D eigenvalue weighted by Gasteiger charge is 2.42. The van der Waals surface area contributed by atoms with Gasteiger partial charge in [-0.2, -0.15) is 0 Å². The van der Waals surface area contributed by atoms with Crippen molar-refractivity contribution in [2.75, 3.05) is 0 Å². The molecule has 2 aliphatic rings. The van der Waals surface area contributed by atoms with Crippen molar-refractivity contribution in [3.05, 3.63) is 11.6 Å². The second kappa shape index (κ2) is 2.11. The van der Waals surface area contributed by atoms with Crippen molar-refractivity contribution in [2.24, 2.45) is 17.8 Å². The lowest BCUT2D eigenvalue weighted by Gasteiger charge is -2.33. The average Bonchev–Trinajstić information content (AvgIpc) is 2.02. The van der Waals surface area contributed by atoms with Crippen LogP contribution < -0.4 is 0 Å². The van der Waals surface area contributed by atoms with E-state index in [2.05, 4.69) is 19.9 Å². The molecule has 0 heteroatoms. The molecule has 2 rings (SSSR count). The lowest BCUT2D eigenvalue weighted by Crippen LogP contribution is -2.24. The number of allylic oxidation sites excluding steroid dienone is 2. The van der Waals surface area contributed by atoms with Gasteiger partial charge in [0.25, 0.3) is 0 Å². The molecule has 56 valence electrons. The van der Waals surface area contributed by atoms with E-state index in [4.69, 9.17) is 0 Å². The van der Waals surface area contributed by atoms with Gasteiger partial charge in [0.1, 0.15) is 0 Å². The molecule has 2 aliphatic carbocycles. The Morgan fingerprint density at radius 1 is 1.40 bits per heavy atom. The number of fused-ring (bicyclic) bond motifs is 1. The first-order valence-electron chi connectivity index (χ1n) is 4.48. The Hall–Kier alpha value is -0.260. The Morgan fingerprint density at radius 3 is 2.50 bits per heavy atom. The van der Waals surface area contributed by atoms with Crippen molar-refractivity contribution in [3.8, 4) is 0 Å². The van der Waals surface area contributed by atoms with Gasteiger partial charge in [0, 0.05) is 0 Å². The van der Waals surface area contributed by atoms with Gasteiger partial charge < -0.3 is 0 Å². The van der Waals surface area contributed by atoms with Gasteiger partial charge >= 0.3 is 0 Å². The molecule has 0 aromatic heterocycles. The normalized spacial score (nSPS) is 49.0. The molecule has 0 N–H and O–H groups in total. The standard InChI is InChI=1S/C10H16/c1-3-8-6-7(2)9-4-5-10(8)9/h3,7,9-10H,4-6H2,1-2H3/b8-3-. The maximum Gasteiger partial charge on any atom is -0.0172 e.